The summed E-state index contributed by atoms with van der Waals surface area (Å²) in [6.45, 7) is 10.1. The van der Waals surface area contributed by atoms with Crippen LogP contribution in [0.3, 0.4) is 0 Å². The number of urea groups is 1. The standard InChI is InChI=1S/C19H29N5O2S2/c1-19(2,3)14-11-21-15(26-14)13-27-16-12-22-18(28-16)23-17(25)20-7-10-24-8-5-4-6-9-24/h11-12H,4-10,13H2,1-3H3,(H2,20,22,23,25). The number of hydrogen-bond donors (Lipinski definition) is 2. The quantitative estimate of drug-likeness (QED) is 0.645. The summed E-state index contributed by atoms with van der Waals surface area (Å²) in [5.41, 5.74) is -0.0428. The summed E-state index contributed by atoms with van der Waals surface area (Å²) in [6, 6.07) is -0.203. The lowest BCUT2D eigenvalue weighted by Crippen LogP contribution is -2.39. The van der Waals surface area contributed by atoms with Gasteiger partial charge in [-0.3, -0.25) is 5.32 Å². The van der Waals surface area contributed by atoms with E-state index in [4.69, 9.17) is 4.42 Å². The van der Waals surface area contributed by atoms with Crippen molar-refractivity contribution in [3.63, 3.8) is 0 Å². The lowest BCUT2D eigenvalue weighted by molar-refractivity contribution is 0.224. The van der Waals surface area contributed by atoms with Crippen LogP contribution in [0.25, 0.3) is 0 Å². The molecule has 0 aliphatic carbocycles. The zero-order valence-corrected chi connectivity index (χ0v) is 18.4. The second-order valence-electron chi connectivity index (χ2n) is 7.92. The normalized spacial score (nSPS) is 15.5. The fourth-order valence-corrected chi connectivity index (χ4v) is 4.61. The third-order valence-electron chi connectivity index (χ3n) is 4.50. The average molecular weight is 424 g/mol. The van der Waals surface area contributed by atoms with Crippen LogP contribution in [0.4, 0.5) is 9.93 Å². The van der Waals surface area contributed by atoms with E-state index in [0.29, 0.717) is 23.3 Å². The van der Waals surface area contributed by atoms with Gasteiger partial charge in [0.25, 0.3) is 0 Å². The molecule has 0 atom stereocenters. The van der Waals surface area contributed by atoms with Crippen LogP contribution in [0, 0.1) is 0 Å². The molecule has 154 valence electrons. The van der Waals surface area contributed by atoms with Crippen molar-refractivity contribution in [2.24, 2.45) is 0 Å². The van der Waals surface area contributed by atoms with Crippen molar-refractivity contribution in [2.45, 2.75) is 55.4 Å². The number of carbonyl (C=O) groups is 1. The summed E-state index contributed by atoms with van der Waals surface area (Å²) in [5.74, 6) is 2.23. The molecule has 0 spiro atoms. The van der Waals surface area contributed by atoms with Gasteiger partial charge in [-0.2, -0.15) is 0 Å². The van der Waals surface area contributed by atoms with Crippen LogP contribution in [-0.2, 0) is 11.2 Å². The zero-order chi connectivity index (χ0) is 20.0. The minimum Gasteiger partial charge on any atom is -0.444 e. The molecule has 2 aromatic rings. The first-order chi connectivity index (χ1) is 13.4. The molecule has 9 heteroatoms. The van der Waals surface area contributed by atoms with E-state index in [-0.39, 0.29) is 11.4 Å². The smallest absolute Gasteiger partial charge is 0.321 e. The predicted molar refractivity (Wildman–Crippen MR) is 114 cm³/mol. The van der Waals surface area contributed by atoms with E-state index in [0.717, 1.165) is 29.6 Å². The van der Waals surface area contributed by atoms with Crippen molar-refractivity contribution < 1.29 is 9.21 Å². The van der Waals surface area contributed by atoms with Crippen LogP contribution in [0.5, 0.6) is 0 Å². The molecule has 1 aliphatic rings. The van der Waals surface area contributed by atoms with Gasteiger partial charge in [-0.15, -0.1) is 11.8 Å². The highest BCUT2D eigenvalue weighted by molar-refractivity contribution is 8.00. The molecule has 1 saturated heterocycles. The van der Waals surface area contributed by atoms with Crippen LogP contribution >= 0.6 is 23.1 Å². The molecule has 2 aromatic heterocycles. The number of thiazole rings is 1. The molecule has 1 fully saturated rings. The highest BCUT2D eigenvalue weighted by Gasteiger charge is 2.19. The number of rotatable bonds is 7. The van der Waals surface area contributed by atoms with E-state index in [9.17, 15) is 4.79 Å². The van der Waals surface area contributed by atoms with Crippen molar-refractivity contribution in [2.75, 3.05) is 31.5 Å². The molecule has 2 N–H and O–H groups in total. The number of nitrogens with zero attached hydrogens (tertiary/aromatic N) is 3. The second-order valence-corrected chi connectivity index (χ2v) is 10.2. The molecule has 0 aromatic carbocycles. The Morgan fingerprint density at radius 1 is 1.25 bits per heavy atom. The highest BCUT2D eigenvalue weighted by Crippen LogP contribution is 2.31. The van der Waals surface area contributed by atoms with Gasteiger partial charge in [0.2, 0.25) is 5.89 Å². The summed E-state index contributed by atoms with van der Waals surface area (Å²) < 4.78 is 6.82. The number of hydrogen-bond acceptors (Lipinski definition) is 7. The van der Waals surface area contributed by atoms with Gasteiger partial charge in [0.05, 0.1) is 22.4 Å². The molecular weight excluding hydrogens is 394 g/mol. The molecule has 3 heterocycles. The Hall–Kier alpha value is -1.58. The van der Waals surface area contributed by atoms with Gasteiger partial charge in [0, 0.05) is 18.5 Å². The molecule has 0 radical (unpaired) electrons. The first-order valence-electron chi connectivity index (χ1n) is 9.71. The van der Waals surface area contributed by atoms with Crippen LogP contribution < -0.4 is 10.6 Å². The van der Waals surface area contributed by atoms with E-state index in [1.807, 2.05) is 0 Å². The molecular formula is C19H29N5O2S2. The minimum atomic E-state index is -0.203. The molecule has 1 aliphatic heterocycles. The van der Waals surface area contributed by atoms with Crippen molar-refractivity contribution in [1.82, 2.24) is 20.2 Å². The first-order valence-corrected chi connectivity index (χ1v) is 11.5. The van der Waals surface area contributed by atoms with Crippen molar-refractivity contribution >= 4 is 34.3 Å². The maximum absolute atomic E-state index is 12.0. The van der Waals surface area contributed by atoms with Gasteiger partial charge in [-0.1, -0.05) is 38.5 Å². The topological polar surface area (TPSA) is 83.3 Å². The number of nitrogens with one attached hydrogen (secondary N) is 2. The average Bonchev–Trinajstić information content (AvgIpc) is 3.30. The predicted octanol–water partition coefficient (Wildman–Crippen LogP) is 4.33. The number of aromatic nitrogens is 2. The van der Waals surface area contributed by atoms with Gasteiger partial charge in [0.1, 0.15) is 5.76 Å². The van der Waals surface area contributed by atoms with Crippen molar-refractivity contribution in [1.29, 1.82) is 0 Å². The summed E-state index contributed by atoms with van der Waals surface area (Å²) in [4.78, 5) is 23.0. The second kappa shape index (κ2) is 9.76. The van der Waals surface area contributed by atoms with Crippen LogP contribution in [0.1, 0.15) is 51.7 Å². The molecule has 2 amide bonds. The number of piperidine rings is 1. The number of oxazole rings is 1. The molecule has 0 saturated carbocycles. The third-order valence-corrected chi connectivity index (χ3v) is 6.59. The van der Waals surface area contributed by atoms with Crippen molar-refractivity contribution in [3.05, 3.63) is 24.0 Å². The summed E-state index contributed by atoms with van der Waals surface area (Å²) in [5, 5.41) is 6.31. The maximum Gasteiger partial charge on any atom is 0.321 e. The largest absolute Gasteiger partial charge is 0.444 e. The van der Waals surface area contributed by atoms with Gasteiger partial charge in [0.15, 0.2) is 5.13 Å². The molecule has 3 rings (SSSR count). The van der Waals surface area contributed by atoms with Crippen molar-refractivity contribution in [3.8, 4) is 0 Å². The monoisotopic (exact) mass is 423 g/mol. The van der Waals surface area contributed by atoms with E-state index in [1.165, 1.54) is 30.6 Å². The van der Waals surface area contributed by atoms with Gasteiger partial charge in [-0.05, 0) is 25.9 Å². The molecule has 0 unspecified atom stereocenters. The Morgan fingerprint density at radius 2 is 2.04 bits per heavy atom. The number of thioether (sulfide) groups is 1. The SMILES string of the molecule is CC(C)(C)c1cnc(CSc2cnc(NC(=O)NCCN3CCCCC3)s2)o1. The number of anilines is 1. The Labute approximate surface area is 174 Å². The zero-order valence-electron chi connectivity index (χ0n) is 16.8. The van der Waals surface area contributed by atoms with E-state index in [1.54, 1.807) is 24.2 Å². The van der Waals surface area contributed by atoms with Crippen LogP contribution in [0.2, 0.25) is 0 Å². The number of likely N-dealkylation sites (tertiary alicyclic amines) is 1. The van der Waals surface area contributed by atoms with Crippen LogP contribution in [-0.4, -0.2) is 47.1 Å². The fourth-order valence-electron chi connectivity index (χ4n) is 2.89. The third kappa shape index (κ3) is 6.49. The molecule has 28 heavy (non-hydrogen) atoms. The van der Waals surface area contributed by atoms with Gasteiger partial charge >= 0.3 is 6.03 Å². The molecule has 0 bridgehead atoms. The Morgan fingerprint density at radius 3 is 2.75 bits per heavy atom. The van der Waals surface area contributed by atoms with Gasteiger partial charge in [-0.25, -0.2) is 14.8 Å². The Kier molecular flexibility index (Phi) is 7.36. The highest BCUT2D eigenvalue weighted by atomic mass is 32.2. The summed E-state index contributed by atoms with van der Waals surface area (Å²) in [6.07, 6.45) is 7.41. The minimum absolute atomic E-state index is 0.0428. The Bertz CT molecular complexity index is 762. The van der Waals surface area contributed by atoms with E-state index >= 15 is 0 Å². The Balaban J connectivity index is 1.38. The number of carbonyl (C=O) groups excluding carboxylic acids is 1. The lowest BCUT2D eigenvalue weighted by atomic mass is 9.94. The molecule has 7 nitrogen and oxygen atoms in total. The lowest BCUT2D eigenvalue weighted by Gasteiger charge is -2.26. The van der Waals surface area contributed by atoms with Crippen LogP contribution in [0.15, 0.2) is 21.0 Å². The summed E-state index contributed by atoms with van der Waals surface area (Å²) >= 11 is 3.06. The first kappa shape index (κ1) is 21.1. The summed E-state index contributed by atoms with van der Waals surface area (Å²) in [7, 11) is 0. The fraction of sp³-hybridized carbons (Fsp3) is 0.632. The van der Waals surface area contributed by atoms with E-state index < -0.39 is 0 Å². The maximum atomic E-state index is 12.0. The van der Waals surface area contributed by atoms with E-state index in [2.05, 4.69) is 46.3 Å². The number of amides is 2. The van der Waals surface area contributed by atoms with Gasteiger partial charge < -0.3 is 14.6 Å².